The van der Waals surface area contributed by atoms with Crippen LogP contribution in [0.4, 0.5) is 11.4 Å². The molecule has 4 aromatic carbocycles. The molecule has 0 aromatic heterocycles. The molecule has 4 aromatic rings. The second-order valence-corrected chi connectivity index (χ2v) is 11.4. The smallest absolute Gasteiger partial charge is 0.261 e. The molecule has 7 nitrogen and oxygen atoms in total. The fraction of sp³-hybridized carbons (Fsp3) is 0.194. The van der Waals surface area contributed by atoms with Gasteiger partial charge in [-0.05, 0) is 59.7 Å². The molecular formula is C31H32N4O3S. The third-order valence-corrected chi connectivity index (χ3v) is 8.18. The maximum Gasteiger partial charge on any atom is 0.261 e. The first-order valence-corrected chi connectivity index (χ1v) is 14.5. The Labute approximate surface area is 230 Å². The van der Waals surface area contributed by atoms with Crippen LogP contribution in [0.25, 0.3) is 0 Å². The maximum absolute atomic E-state index is 12.8. The van der Waals surface area contributed by atoms with Gasteiger partial charge in [-0.15, -0.1) is 0 Å². The van der Waals surface area contributed by atoms with E-state index in [4.69, 9.17) is 0 Å². The Bertz CT molecular complexity index is 1470. The van der Waals surface area contributed by atoms with E-state index in [9.17, 15) is 13.2 Å². The van der Waals surface area contributed by atoms with Crippen LogP contribution in [0.2, 0.25) is 0 Å². The lowest BCUT2D eigenvalue weighted by Crippen LogP contribution is -2.45. The molecule has 1 aliphatic rings. The second-order valence-electron chi connectivity index (χ2n) is 9.68. The van der Waals surface area contributed by atoms with Gasteiger partial charge < -0.3 is 5.32 Å². The van der Waals surface area contributed by atoms with Crippen LogP contribution in [0.15, 0.2) is 114 Å². The van der Waals surface area contributed by atoms with Gasteiger partial charge in [-0.25, -0.2) is 8.42 Å². The summed E-state index contributed by atoms with van der Waals surface area (Å²) in [7, 11) is -3.71. The third-order valence-electron chi connectivity index (χ3n) is 6.78. The van der Waals surface area contributed by atoms with Crippen molar-refractivity contribution in [3.05, 3.63) is 126 Å². The molecule has 8 heteroatoms. The monoisotopic (exact) mass is 540 g/mol. The van der Waals surface area contributed by atoms with Crippen LogP contribution in [-0.4, -0.2) is 50.3 Å². The molecule has 1 fully saturated rings. The standard InChI is InChI=1S/C31H32N4O3S/c36-31(32-28-15-17-30(18-16-28)39(37,38)33-29-9-5-2-6-10-29)27-13-11-26(12-14-27)24-35-21-19-34(20-22-35)23-25-7-3-1-4-8-25/h1-18,33H,19-24H2,(H,32,36). The number of sulfonamides is 1. The lowest BCUT2D eigenvalue weighted by molar-refractivity contribution is 0.102. The summed E-state index contributed by atoms with van der Waals surface area (Å²) in [5, 5.41) is 2.84. The molecule has 5 rings (SSSR count). The quantitative estimate of drug-likeness (QED) is 0.310. The number of para-hydroxylation sites is 1. The fourth-order valence-electron chi connectivity index (χ4n) is 4.61. The van der Waals surface area contributed by atoms with Crippen molar-refractivity contribution >= 4 is 27.3 Å². The largest absolute Gasteiger partial charge is 0.322 e. The molecule has 39 heavy (non-hydrogen) atoms. The Balaban J connectivity index is 1.11. The highest BCUT2D eigenvalue weighted by molar-refractivity contribution is 7.92. The number of anilines is 2. The molecule has 0 bridgehead atoms. The van der Waals surface area contributed by atoms with Crippen molar-refractivity contribution in [1.82, 2.24) is 9.80 Å². The van der Waals surface area contributed by atoms with E-state index >= 15 is 0 Å². The first-order valence-electron chi connectivity index (χ1n) is 13.0. The highest BCUT2D eigenvalue weighted by Crippen LogP contribution is 2.19. The predicted molar refractivity (Wildman–Crippen MR) is 155 cm³/mol. The van der Waals surface area contributed by atoms with E-state index in [1.54, 1.807) is 36.4 Å². The third kappa shape index (κ3) is 7.32. The number of piperazine rings is 1. The zero-order chi connectivity index (χ0) is 27.1. The Morgan fingerprint density at radius 1 is 0.615 bits per heavy atom. The van der Waals surface area contributed by atoms with Crippen molar-refractivity contribution in [3.63, 3.8) is 0 Å². The van der Waals surface area contributed by atoms with Gasteiger partial charge in [0.05, 0.1) is 4.90 Å². The van der Waals surface area contributed by atoms with E-state index in [0.29, 0.717) is 16.9 Å². The zero-order valence-electron chi connectivity index (χ0n) is 21.7. The van der Waals surface area contributed by atoms with Crippen molar-refractivity contribution in [2.45, 2.75) is 18.0 Å². The highest BCUT2D eigenvalue weighted by Gasteiger charge is 2.18. The van der Waals surface area contributed by atoms with Gasteiger partial charge in [0.2, 0.25) is 0 Å². The van der Waals surface area contributed by atoms with Gasteiger partial charge in [-0.2, -0.15) is 0 Å². The number of hydrogen-bond acceptors (Lipinski definition) is 5. The summed E-state index contributed by atoms with van der Waals surface area (Å²) in [6.45, 7) is 5.95. The van der Waals surface area contributed by atoms with Gasteiger partial charge in [0.1, 0.15) is 0 Å². The van der Waals surface area contributed by atoms with Crippen molar-refractivity contribution in [3.8, 4) is 0 Å². The average molecular weight is 541 g/mol. The summed E-state index contributed by atoms with van der Waals surface area (Å²) >= 11 is 0. The number of hydrogen-bond donors (Lipinski definition) is 2. The molecule has 0 saturated carbocycles. The van der Waals surface area contributed by atoms with E-state index < -0.39 is 10.0 Å². The van der Waals surface area contributed by atoms with Gasteiger partial charge in [0, 0.05) is 56.2 Å². The van der Waals surface area contributed by atoms with E-state index in [2.05, 4.69) is 44.1 Å². The minimum Gasteiger partial charge on any atom is -0.322 e. The normalized spacial score (nSPS) is 14.6. The number of rotatable bonds is 9. The first-order chi connectivity index (χ1) is 18.9. The van der Waals surface area contributed by atoms with E-state index in [1.807, 2.05) is 36.4 Å². The number of nitrogens with zero attached hydrogens (tertiary/aromatic N) is 2. The maximum atomic E-state index is 12.8. The molecule has 0 radical (unpaired) electrons. The molecule has 1 aliphatic heterocycles. The summed E-state index contributed by atoms with van der Waals surface area (Å²) in [5.41, 5.74) is 4.08. The minimum atomic E-state index is -3.71. The van der Waals surface area contributed by atoms with Gasteiger partial charge in [0.15, 0.2) is 0 Å². The average Bonchev–Trinajstić information content (AvgIpc) is 2.96. The second kappa shape index (κ2) is 12.3. The molecule has 0 aliphatic carbocycles. The van der Waals surface area contributed by atoms with Gasteiger partial charge in [-0.3, -0.25) is 19.3 Å². The molecule has 0 unspecified atom stereocenters. The Kier molecular flexibility index (Phi) is 8.36. The summed E-state index contributed by atoms with van der Waals surface area (Å²) < 4.78 is 27.8. The molecule has 1 heterocycles. The number of carbonyl (C=O) groups is 1. The van der Waals surface area contributed by atoms with Crippen LogP contribution < -0.4 is 10.0 Å². The Hall–Kier alpha value is -3.98. The summed E-state index contributed by atoms with van der Waals surface area (Å²) in [5.74, 6) is -0.242. The van der Waals surface area contributed by atoms with Crippen LogP contribution in [0.1, 0.15) is 21.5 Å². The number of carbonyl (C=O) groups excluding carboxylic acids is 1. The predicted octanol–water partition coefficient (Wildman–Crippen LogP) is 5.06. The first kappa shape index (κ1) is 26.6. The Morgan fingerprint density at radius 2 is 1.13 bits per heavy atom. The molecule has 200 valence electrons. The van der Waals surface area contributed by atoms with Crippen molar-refractivity contribution in [2.75, 3.05) is 36.2 Å². The Morgan fingerprint density at radius 3 is 1.69 bits per heavy atom. The molecule has 1 saturated heterocycles. The summed E-state index contributed by atoms with van der Waals surface area (Å²) in [6, 6.07) is 33.1. The number of benzene rings is 4. The molecule has 1 amide bonds. The topological polar surface area (TPSA) is 81.7 Å². The summed E-state index contributed by atoms with van der Waals surface area (Å²) in [6.07, 6.45) is 0. The SMILES string of the molecule is O=C(Nc1ccc(S(=O)(=O)Nc2ccccc2)cc1)c1ccc(CN2CCN(Cc3ccccc3)CC2)cc1. The van der Waals surface area contributed by atoms with Crippen LogP contribution in [0.5, 0.6) is 0 Å². The van der Waals surface area contributed by atoms with Crippen molar-refractivity contribution in [2.24, 2.45) is 0 Å². The van der Waals surface area contributed by atoms with Crippen molar-refractivity contribution < 1.29 is 13.2 Å². The van der Waals surface area contributed by atoms with Crippen LogP contribution in [0.3, 0.4) is 0 Å². The van der Waals surface area contributed by atoms with Gasteiger partial charge in [-0.1, -0.05) is 60.7 Å². The highest BCUT2D eigenvalue weighted by atomic mass is 32.2. The van der Waals surface area contributed by atoms with E-state index in [0.717, 1.165) is 39.3 Å². The lowest BCUT2D eigenvalue weighted by atomic mass is 10.1. The zero-order valence-corrected chi connectivity index (χ0v) is 22.5. The van der Waals surface area contributed by atoms with Crippen LogP contribution in [-0.2, 0) is 23.1 Å². The lowest BCUT2D eigenvalue weighted by Gasteiger charge is -2.34. The van der Waals surface area contributed by atoms with Crippen molar-refractivity contribution in [1.29, 1.82) is 0 Å². The summed E-state index contributed by atoms with van der Waals surface area (Å²) in [4.78, 5) is 17.8. The molecular weight excluding hydrogens is 508 g/mol. The molecule has 0 spiro atoms. The van der Waals surface area contributed by atoms with Gasteiger partial charge in [0.25, 0.3) is 15.9 Å². The molecule has 2 N–H and O–H groups in total. The van der Waals surface area contributed by atoms with Crippen LogP contribution in [0, 0.1) is 0 Å². The number of nitrogens with one attached hydrogen (secondary N) is 2. The van der Waals surface area contributed by atoms with Crippen LogP contribution >= 0.6 is 0 Å². The van der Waals surface area contributed by atoms with E-state index in [-0.39, 0.29) is 10.8 Å². The minimum absolute atomic E-state index is 0.120. The van der Waals surface area contributed by atoms with Gasteiger partial charge >= 0.3 is 0 Å². The van der Waals surface area contributed by atoms with E-state index in [1.165, 1.54) is 23.3 Å². The fourth-order valence-corrected chi connectivity index (χ4v) is 5.67. The number of amides is 1. The molecule has 0 atom stereocenters.